The number of carbonyl (C=O) groups is 1. The first-order chi connectivity index (χ1) is 6.36. The van der Waals surface area contributed by atoms with Crippen LogP contribution in [0.5, 0.6) is 0 Å². The maximum atomic E-state index is 10.5. The summed E-state index contributed by atoms with van der Waals surface area (Å²) in [5.74, 6) is 1.16. The first kappa shape index (κ1) is 10.7. The van der Waals surface area contributed by atoms with Gasteiger partial charge in [0, 0.05) is 19.1 Å². The van der Waals surface area contributed by atoms with Crippen LogP contribution >= 0.6 is 0 Å². The van der Waals surface area contributed by atoms with E-state index in [1.807, 2.05) is 6.92 Å². The minimum atomic E-state index is 0.350. The van der Waals surface area contributed by atoms with Gasteiger partial charge in [0.1, 0.15) is 6.29 Å². The number of rotatable bonds is 5. The number of hydrogen-bond acceptors (Lipinski definition) is 2. The predicted molar refractivity (Wildman–Crippen MR) is 52.6 cm³/mol. The van der Waals surface area contributed by atoms with Gasteiger partial charge in [-0.1, -0.05) is 0 Å². The molecule has 1 saturated carbocycles. The van der Waals surface area contributed by atoms with Gasteiger partial charge in [-0.05, 0) is 44.9 Å². The van der Waals surface area contributed by atoms with Crippen molar-refractivity contribution in [3.8, 4) is 0 Å². The Hall–Kier alpha value is -0.370. The average molecular weight is 184 g/mol. The van der Waals surface area contributed by atoms with Crippen LogP contribution in [0.15, 0.2) is 0 Å². The zero-order valence-electron chi connectivity index (χ0n) is 8.50. The fourth-order valence-corrected chi connectivity index (χ4v) is 2.01. The highest BCUT2D eigenvalue weighted by Crippen LogP contribution is 2.29. The third-order valence-electron chi connectivity index (χ3n) is 2.96. The van der Waals surface area contributed by atoms with E-state index in [0.717, 1.165) is 38.3 Å². The number of ether oxygens (including phenoxy) is 1. The van der Waals surface area contributed by atoms with E-state index in [1.54, 1.807) is 0 Å². The molecule has 0 atom stereocenters. The summed E-state index contributed by atoms with van der Waals surface area (Å²) in [6.07, 6.45) is 6.94. The van der Waals surface area contributed by atoms with Crippen molar-refractivity contribution in [3.63, 3.8) is 0 Å². The van der Waals surface area contributed by atoms with Crippen molar-refractivity contribution in [2.45, 2.75) is 39.0 Å². The van der Waals surface area contributed by atoms with E-state index in [4.69, 9.17) is 4.74 Å². The lowest BCUT2D eigenvalue weighted by molar-refractivity contribution is -0.112. The van der Waals surface area contributed by atoms with Gasteiger partial charge in [0.15, 0.2) is 0 Å². The van der Waals surface area contributed by atoms with Crippen molar-refractivity contribution in [1.82, 2.24) is 0 Å². The van der Waals surface area contributed by atoms with Crippen LogP contribution in [-0.4, -0.2) is 19.5 Å². The predicted octanol–water partition coefficient (Wildman–Crippen LogP) is 2.42. The third kappa shape index (κ3) is 3.90. The Balaban J connectivity index is 2.07. The summed E-state index contributed by atoms with van der Waals surface area (Å²) in [6, 6.07) is 0. The number of carbonyl (C=O) groups excluding carboxylic acids is 1. The second-order valence-electron chi connectivity index (χ2n) is 3.90. The van der Waals surface area contributed by atoms with Gasteiger partial charge in [-0.15, -0.1) is 0 Å². The summed E-state index contributed by atoms with van der Waals surface area (Å²) in [4.78, 5) is 10.5. The molecule has 2 heteroatoms. The topological polar surface area (TPSA) is 26.3 Å². The molecule has 13 heavy (non-hydrogen) atoms. The number of hydrogen-bond donors (Lipinski definition) is 0. The molecule has 0 unspecified atom stereocenters. The molecular formula is C11H20O2. The van der Waals surface area contributed by atoms with Crippen molar-refractivity contribution < 1.29 is 9.53 Å². The average Bonchev–Trinajstić information content (AvgIpc) is 2.19. The zero-order valence-corrected chi connectivity index (χ0v) is 8.50. The van der Waals surface area contributed by atoms with Gasteiger partial charge in [-0.25, -0.2) is 0 Å². The summed E-state index contributed by atoms with van der Waals surface area (Å²) in [7, 11) is 0. The molecule has 0 N–H and O–H groups in total. The molecule has 0 amide bonds. The van der Waals surface area contributed by atoms with Crippen LogP contribution in [0.4, 0.5) is 0 Å². The van der Waals surface area contributed by atoms with Gasteiger partial charge in [0.25, 0.3) is 0 Å². The van der Waals surface area contributed by atoms with Gasteiger partial charge in [-0.2, -0.15) is 0 Å². The van der Waals surface area contributed by atoms with Crippen LogP contribution in [0, 0.1) is 11.8 Å². The lowest BCUT2D eigenvalue weighted by Gasteiger charge is -2.25. The quantitative estimate of drug-likeness (QED) is 0.484. The second-order valence-corrected chi connectivity index (χ2v) is 3.90. The Kier molecular flexibility index (Phi) is 5.06. The molecule has 76 valence electrons. The van der Waals surface area contributed by atoms with Gasteiger partial charge in [0.2, 0.25) is 0 Å². The van der Waals surface area contributed by atoms with E-state index >= 15 is 0 Å². The molecule has 0 saturated heterocycles. The molecule has 1 fully saturated rings. The minimum Gasteiger partial charge on any atom is -0.382 e. The van der Waals surface area contributed by atoms with Crippen LogP contribution < -0.4 is 0 Å². The Bertz CT molecular complexity index is 137. The third-order valence-corrected chi connectivity index (χ3v) is 2.96. The standard InChI is InChI=1S/C11H20O2/c1-2-13-8-7-10-3-5-11(9-12)6-4-10/h9-11H,2-8H2,1H3. The molecule has 0 radical (unpaired) electrons. The van der Waals surface area contributed by atoms with Crippen molar-refractivity contribution >= 4 is 6.29 Å². The second kappa shape index (κ2) is 6.14. The van der Waals surface area contributed by atoms with E-state index in [9.17, 15) is 4.79 Å². The molecule has 0 aromatic rings. The van der Waals surface area contributed by atoms with Crippen molar-refractivity contribution in [2.24, 2.45) is 11.8 Å². The summed E-state index contributed by atoms with van der Waals surface area (Å²) in [5, 5.41) is 0. The number of aldehydes is 1. The summed E-state index contributed by atoms with van der Waals surface area (Å²) < 4.78 is 5.32. The van der Waals surface area contributed by atoms with Crippen LogP contribution in [0.2, 0.25) is 0 Å². The molecule has 0 aromatic heterocycles. The Labute approximate surface area is 80.7 Å². The molecule has 1 rings (SSSR count). The Morgan fingerprint density at radius 3 is 2.54 bits per heavy atom. The molecule has 0 heterocycles. The monoisotopic (exact) mass is 184 g/mol. The van der Waals surface area contributed by atoms with Gasteiger partial charge in [-0.3, -0.25) is 0 Å². The SMILES string of the molecule is CCOCCC1CCC(C=O)CC1. The van der Waals surface area contributed by atoms with Crippen molar-refractivity contribution in [1.29, 1.82) is 0 Å². The van der Waals surface area contributed by atoms with Crippen LogP contribution in [0.3, 0.4) is 0 Å². The molecule has 2 nitrogen and oxygen atoms in total. The molecule has 0 aromatic carbocycles. The first-order valence-electron chi connectivity index (χ1n) is 5.39. The van der Waals surface area contributed by atoms with E-state index in [0.29, 0.717) is 5.92 Å². The fourth-order valence-electron chi connectivity index (χ4n) is 2.01. The van der Waals surface area contributed by atoms with E-state index < -0.39 is 0 Å². The van der Waals surface area contributed by atoms with Crippen molar-refractivity contribution in [3.05, 3.63) is 0 Å². The van der Waals surface area contributed by atoms with E-state index in [2.05, 4.69) is 0 Å². The van der Waals surface area contributed by atoms with Crippen LogP contribution in [0.1, 0.15) is 39.0 Å². The van der Waals surface area contributed by atoms with E-state index in [1.165, 1.54) is 19.3 Å². The first-order valence-corrected chi connectivity index (χ1v) is 5.39. The maximum Gasteiger partial charge on any atom is 0.123 e. The zero-order chi connectivity index (χ0) is 9.52. The molecule has 0 spiro atoms. The van der Waals surface area contributed by atoms with Gasteiger partial charge < -0.3 is 9.53 Å². The van der Waals surface area contributed by atoms with Gasteiger partial charge >= 0.3 is 0 Å². The Morgan fingerprint density at radius 1 is 1.31 bits per heavy atom. The smallest absolute Gasteiger partial charge is 0.123 e. The molecule has 1 aliphatic carbocycles. The lowest BCUT2D eigenvalue weighted by Crippen LogP contribution is -2.16. The molecular weight excluding hydrogens is 164 g/mol. The van der Waals surface area contributed by atoms with Gasteiger partial charge in [0.05, 0.1) is 0 Å². The molecule has 0 aliphatic heterocycles. The highest BCUT2D eigenvalue weighted by atomic mass is 16.5. The molecule has 0 bridgehead atoms. The minimum absolute atomic E-state index is 0.350. The Morgan fingerprint density at radius 2 is 2.00 bits per heavy atom. The van der Waals surface area contributed by atoms with E-state index in [-0.39, 0.29) is 0 Å². The van der Waals surface area contributed by atoms with Crippen molar-refractivity contribution in [2.75, 3.05) is 13.2 Å². The van der Waals surface area contributed by atoms with Crippen LogP contribution in [-0.2, 0) is 9.53 Å². The highest BCUT2D eigenvalue weighted by Gasteiger charge is 2.19. The lowest BCUT2D eigenvalue weighted by atomic mass is 9.81. The summed E-state index contributed by atoms with van der Waals surface area (Å²) in [6.45, 7) is 3.75. The fraction of sp³-hybridized carbons (Fsp3) is 0.909. The van der Waals surface area contributed by atoms with Crippen LogP contribution in [0.25, 0.3) is 0 Å². The molecule has 1 aliphatic rings. The summed E-state index contributed by atoms with van der Waals surface area (Å²) >= 11 is 0. The summed E-state index contributed by atoms with van der Waals surface area (Å²) in [5.41, 5.74) is 0. The maximum absolute atomic E-state index is 10.5. The highest BCUT2D eigenvalue weighted by molar-refractivity contribution is 5.53. The largest absolute Gasteiger partial charge is 0.382 e. The normalized spacial score (nSPS) is 28.7.